The van der Waals surface area contributed by atoms with Gasteiger partial charge < -0.3 is 9.47 Å². The molecule has 5 nitrogen and oxygen atoms in total. The van der Waals surface area contributed by atoms with E-state index in [1.807, 2.05) is 30.3 Å². The number of benzene rings is 1. The molecule has 2 unspecified atom stereocenters. The molecular formula is C12H15NO4. The smallest absolute Gasteiger partial charge is 0.232 e. The minimum atomic E-state index is -0.777. The van der Waals surface area contributed by atoms with E-state index in [1.165, 1.54) is 0 Å². The van der Waals surface area contributed by atoms with Crippen LogP contribution >= 0.6 is 0 Å². The summed E-state index contributed by atoms with van der Waals surface area (Å²) in [5, 5.41) is 10.6. The Hall–Kier alpha value is -1.46. The quantitative estimate of drug-likeness (QED) is 0.597. The van der Waals surface area contributed by atoms with Gasteiger partial charge in [-0.05, 0) is 19.4 Å². The highest BCUT2D eigenvalue weighted by atomic mass is 16.8. The van der Waals surface area contributed by atoms with E-state index in [1.54, 1.807) is 13.8 Å². The van der Waals surface area contributed by atoms with Crippen molar-refractivity contribution in [3.8, 4) is 0 Å². The van der Waals surface area contributed by atoms with Crippen LogP contribution in [-0.4, -0.2) is 23.4 Å². The number of hydrogen-bond donors (Lipinski definition) is 0. The van der Waals surface area contributed by atoms with Crippen LogP contribution in [0.1, 0.15) is 25.5 Å². The first-order chi connectivity index (χ1) is 7.98. The standard InChI is InChI=1S/C12H15NO4/c1-12(2)16-10(8-13(14)15)11(17-12)9-6-4-3-5-7-9/h3-7,10-11H,8H2,1-2H3. The molecular weight excluding hydrogens is 222 g/mol. The average molecular weight is 237 g/mol. The number of ether oxygens (including phenoxy) is 2. The predicted molar refractivity (Wildman–Crippen MR) is 61.1 cm³/mol. The summed E-state index contributed by atoms with van der Waals surface area (Å²) in [5.74, 6) is -0.777. The van der Waals surface area contributed by atoms with E-state index in [4.69, 9.17) is 9.47 Å². The zero-order valence-corrected chi connectivity index (χ0v) is 9.83. The summed E-state index contributed by atoms with van der Waals surface area (Å²) in [6, 6.07) is 9.44. The van der Waals surface area contributed by atoms with Crippen LogP contribution in [-0.2, 0) is 9.47 Å². The second-order valence-corrected chi connectivity index (χ2v) is 4.52. The fourth-order valence-electron chi connectivity index (χ4n) is 2.04. The first kappa shape index (κ1) is 12.0. The van der Waals surface area contributed by atoms with Crippen molar-refractivity contribution in [3.63, 3.8) is 0 Å². The molecule has 0 saturated carbocycles. The summed E-state index contributed by atoms with van der Waals surface area (Å²) in [6.45, 7) is 3.29. The SMILES string of the molecule is CC1(C)OC(C[N+](=O)[O-])C(c2ccccc2)O1. The van der Waals surface area contributed by atoms with E-state index >= 15 is 0 Å². The Morgan fingerprint density at radius 1 is 1.29 bits per heavy atom. The van der Waals surface area contributed by atoms with Crippen LogP contribution in [0.4, 0.5) is 0 Å². The van der Waals surface area contributed by atoms with Gasteiger partial charge in [0.2, 0.25) is 6.54 Å². The molecule has 1 fully saturated rings. The molecule has 1 aromatic rings. The van der Waals surface area contributed by atoms with E-state index in [9.17, 15) is 10.1 Å². The highest BCUT2D eigenvalue weighted by Gasteiger charge is 2.44. The van der Waals surface area contributed by atoms with Crippen molar-refractivity contribution in [2.24, 2.45) is 0 Å². The maximum Gasteiger partial charge on any atom is 0.232 e. The molecule has 1 saturated heterocycles. The molecule has 0 N–H and O–H groups in total. The lowest BCUT2D eigenvalue weighted by Gasteiger charge is -2.16. The average Bonchev–Trinajstić information content (AvgIpc) is 2.54. The maximum atomic E-state index is 10.6. The van der Waals surface area contributed by atoms with Crippen molar-refractivity contribution in [1.29, 1.82) is 0 Å². The molecule has 1 aromatic carbocycles. The van der Waals surface area contributed by atoms with Gasteiger partial charge in [-0.3, -0.25) is 10.1 Å². The Balaban J connectivity index is 2.22. The number of rotatable bonds is 3. The van der Waals surface area contributed by atoms with Gasteiger partial charge in [0.25, 0.3) is 0 Å². The molecule has 17 heavy (non-hydrogen) atoms. The molecule has 0 amide bonds. The van der Waals surface area contributed by atoms with Gasteiger partial charge >= 0.3 is 0 Å². The largest absolute Gasteiger partial charge is 0.340 e. The Morgan fingerprint density at radius 2 is 1.94 bits per heavy atom. The van der Waals surface area contributed by atoms with Gasteiger partial charge in [0.05, 0.1) is 0 Å². The van der Waals surface area contributed by atoms with Crippen molar-refractivity contribution >= 4 is 0 Å². The van der Waals surface area contributed by atoms with Gasteiger partial charge in [0.1, 0.15) is 6.10 Å². The first-order valence-corrected chi connectivity index (χ1v) is 5.50. The monoisotopic (exact) mass is 237 g/mol. The lowest BCUT2D eigenvalue weighted by Crippen LogP contribution is -2.26. The molecule has 2 atom stereocenters. The fraction of sp³-hybridized carbons (Fsp3) is 0.500. The molecule has 0 radical (unpaired) electrons. The van der Waals surface area contributed by atoms with Gasteiger partial charge in [-0.2, -0.15) is 0 Å². The number of nitrogens with zero attached hydrogens (tertiary/aromatic N) is 1. The van der Waals surface area contributed by atoms with Crippen LogP contribution in [0, 0.1) is 10.1 Å². The van der Waals surface area contributed by atoms with E-state index in [0.717, 1.165) is 5.56 Å². The van der Waals surface area contributed by atoms with Crippen molar-refractivity contribution in [3.05, 3.63) is 46.0 Å². The van der Waals surface area contributed by atoms with E-state index in [-0.39, 0.29) is 17.6 Å². The molecule has 92 valence electrons. The van der Waals surface area contributed by atoms with Crippen LogP contribution in [0.5, 0.6) is 0 Å². The van der Waals surface area contributed by atoms with Crippen LogP contribution in [0.25, 0.3) is 0 Å². The third-order valence-electron chi connectivity index (χ3n) is 2.64. The van der Waals surface area contributed by atoms with Crippen molar-refractivity contribution in [2.45, 2.75) is 31.8 Å². The van der Waals surface area contributed by atoms with Crippen molar-refractivity contribution < 1.29 is 14.4 Å². The van der Waals surface area contributed by atoms with Crippen LogP contribution < -0.4 is 0 Å². The molecule has 5 heteroatoms. The maximum absolute atomic E-state index is 10.6. The molecule has 1 aliphatic heterocycles. The van der Waals surface area contributed by atoms with Gasteiger partial charge in [-0.25, -0.2) is 0 Å². The van der Waals surface area contributed by atoms with E-state index in [0.29, 0.717) is 0 Å². The molecule has 0 aromatic heterocycles. The van der Waals surface area contributed by atoms with E-state index < -0.39 is 11.9 Å². The van der Waals surface area contributed by atoms with Gasteiger partial charge in [-0.15, -0.1) is 0 Å². The lowest BCUT2D eigenvalue weighted by atomic mass is 10.0. The number of hydrogen-bond acceptors (Lipinski definition) is 4. The second kappa shape index (κ2) is 4.43. The third kappa shape index (κ3) is 2.81. The van der Waals surface area contributed by atoms with Crippen LogP contribution in [0.3, 0.4) is 0 Å². The normalized spacial score (nSPS) is 26.9. The Bertz CT molecular complexity index is 404. The Labute approximate surface area is 99.5 Å². The molecule has 2 rings (SSSR count). The van der Waals surface area contributed by atoms with Crippen molar-refractivity contribution in [1.82, 2.24) is 0 Å². The zero-order valence-electron chi connectivity index (χ0n) is 9.83. The Kier molecular flexibility index (Phi) is 3.13. The molecule has 0 bridgehead atoms. The topological polar surface area (TPSA) is 61.6 Å². The first-order valence-electron chi connectivity index (χ1n) is 5.50. The minimum absolute atomic E-state index is 0.247. The van der Waals surface area contributed by atoms with Crippen LogP contribution in [0.2, 0.25) is 0 Å². The molecule has 0 aliphatic carbocycles. The molecule has 1 aliphatic rings. The van der Waals surface area contributed by atoms with Gasteiger partial charge in [-0.1, -0.05) is 30.3 Å². The lowest BCUT2D eigenvalue weighted by molar-refractivity contribution is -0.491. The van der Waals surface area contributed by atoms with Gasteiger partial charge in [0.15, 0.2) is 11.9 Å². The summed E-state index contributed by atoms with van der Waals surface area (Å²) in [6.07, 6.45) is -0.918. The summed E-state index contributed by atoms with van der Waals surface area (Å²) < 4.78 is 11.3. The van der Waals surface area contributed by atoms with E-state index in [2.05, 4.69) is 0 Å². The van der Waals surface area contributed by atoms with Gasteiger partial charge in [0, 0.05) is 4.92 Å². The summed E-state index contributed by atoms with van der Waals surface area (Å²) in [4.78, 5) is 10.2. The summed E-state index contributed by atoms with van der Waals surface area (Å²) >= 11 is 0. The molecule has 1 heterocycles. The molecule has 0 spiro atoms. The summed E-state index contributed by atoms with van der Waals surface area (Å²) in [5.41, 5.74) is 0.907. The van der Waals surface area contributed by atoms with Crippen LogP contribution in [0.15, 0.2) is 30.3 Å². The summed E-state index contributed by atoms with van der Waals surface area (Å²) in [7, 11) is 0. The third-order valence-corrected chi connectivity index (χ3v) is 2.64. The fourth-order valence-corrected chi connectivity index (χ4v) is 2.04. The zero-order chi connectivity index (χ0) is 12.5. The number of nitro groups is 1. The second-order valence-electron chi connectivity index (χ2n) is 4.52. The highest BCUT2D eigenvalue weighted by molar-refractivity contribution is 5.19. The minimum Gasteiger partial charge on any atom is -0.340 e. The highest BCUT2D eigenvalue weighted by Crippen LogP contribution is 2.38. The predicted octanol–water partition coefficient (Wildman–Crippen LogP) is 2.16. The van der Waals surface area contributed by atoms with Crippen molar-refractivity contribution in [2.75, 3.05) is 6.54 Å². The Morgan fingerprint density at radius 3 is 2.53 bits per heavy atom.